The van der Waals surface area contributed by atoms with Crippen LogP contribution in [0.1, 0.15) is 54.7 Å². The molecule has 1 aromatic rings. The van der Waals surface area contributed by atoms with Crippen LogP contribution in [-0.4, -0.2) is 68.9 Å². The molecule has 2 saturated carbocycles. The minimum absolute atomic E-state index is 0.00432. The zero-order valence-corrected chi connectivity index (χ0v) is 21.2. The van der Waals surface area contributed by atoms with Crippen LogP contribution in [0, 0.1) is 16.7 Å². The molecule has 0 aromatic heterocycles. The average molecular weight is 522 g/mol. The number of amides is 1. The quantitative estimate of drug-likeness (QED) is 0.304. The number of aliphatic hydroxyl groups excluding tert-OH is 2. The molecule has 11 nitrogen and oxygen atoms in total. The number of nitrogens with zero attached hydrogens (tertiary/aromatic N) is 2. The number of nitriles is 1. The Morgan fingerprint density at radius 3 is 2.32 bits per heavy atom. The van der Waals surface area contributed by atoms with Gasteiger partial charge in [-0.1, -0.05) is 18.9 Å². The molecular weight excluding hydrogens is 490 g/mol. The lowest BCUT2D eigenvalue weighted by atomic mass is 9.47. The maximum absolute atomic E-state index is 14.3. The van der Waals surface area contributed by atoms with E-state index in [0.29, 0.717) is 5.56 Å². The van der Waals surface area contributed by atoms with Crippen molar-refractivity contribution in [2.75, 3.05) is 14.1 Å². The van der Waals surface area contributed by atoms with Crippen molar-refractivity contribution in [1.82, 2.24) is 4.90 Å². The summed E-state index contributed by atoms with van der Waals surface area (Å²) < 4.78 is 0. The van der Waals surface area contributed by atoms with Crippen molar-refractivity contribution in [3.05, 3.63) is 45.7 Å². The Morgan fingerprint density at radius 2 is 1.76 bits per heavy atom. The third-order valence-corrected chi connectivity index (χ3v) is 8.96. The van der Waals surface area contributed by atoms with E-state index in [9.17, 15) is 35.0 Å². The van der Waals surface area contributed by atoms with Gasteiger partial charge in [0.15, 0.2) is 17.0 Å². The number of hydrogen-bond acceptors (Lipinski definition) is 10. The minimum atomic E-state index is -2.65. The monoisotopic (exact) mass is 521 g/mol. The molecule has 2 fully saturated rings. The van der Waals surface area contributed by atoms with E-state index < -0.39 is 62.7 Å². The van der Waals surface area contributed by atoms with Gasteiger partial charge >= 0.3 is 0 Å². The average Bonchev–Trinajstić information content (AvgIpc) is 3.32. The number of ketones is 2. The van der Waals surface area contributed by atoms with Gasteiger partial charge in [0.05, 0.1) is 34.3 Å². The summed E-state index contributed by atoms with van der Waals surface area (Å²) >= 11 is 0. The molecule has 200 valence electrons. The normalized spacial score (nSPS) is 33.2. The fourth-order valence-corrected chi connectivity index (χ4v) is 7.47. The summed E-state index contributed by atoms with van der Waals surface area (Å²) in [4.78, 5) is 41.4. The third-order valence-electron chi connectivity index (χ3n) is 8.96. The second kappa shape index (κ2) is 8.14. The molecule has 4 aliphatic rings. The van der Waals surface area contributed by atoms with E-state index in [0.717, 1.165) is 31.2 Å². The van der Waals surface area contributed by atoms with E-state index in [2.05, 4.69) is 0 Å². The first-order valence-corrected chi connectivity index (χ1v) is 12.5. The lowest BCUT2D eigenvalue weighted by molar-refractivity contribution is -0.139. The molecule has 0 radical (unpaired) electrons. The molecule has 38 heavy (non-hydrogen) atoms. The summed E-state index contributed by atoms with van der Waals surface area (Å²) in [5.41, 5.74) is 13.0. The van der Waals surface area contributed by atoms with Gasteiger partial charge in [0.25, 0.3) is 5.91 Å². The molecular formula is C27H31N5O6. The molecule has 11 heteroatoms. The van der Waals surface area contributed by atoms with E-state index in [4.69, 9.17) is 17.2 Å². The molecule has 4 atom stereocenters. The van der Waals surface area contributed by atoms with E-state index in [1.165, 1.54) is 25.1 Å². The Balaban J connectivity index is 1.84. The minimum Gasteiger partial charge on any atom is -0.509 e. The first-order valence-electron chi connectivity index (χ1n) is 12.5. The zero-order chi connectivity index (χ0) is 27.9. The Labute approximate surface area is 219 Å². The maximum atomic E-state index is 14.3. The van der Waals surface area contributed by atoms with Crippen molar-refractivity contribution >= 4 is 23.2 Å². The Morgan fingerprint density at radius 1 is 1.13 bits per heavy atom. The Hall–Kier alpha value is -3.72. The summed E-state index contributed by atoms with van der Waals surface area (Å²) in [6.07, 6.45) is 3.55. The molecule has 0 saturated heterocycles. The van der Waals surface area contributed by atoms with Crippen molar-refractivity contribution in [1.29, 1.82) is 5.26 Å². The van der Waals surface area contributed by atoms with Gasteiger partial charge in [-0.3, -0.25) is 19.3 Å². The van der Waals surface area contributed by atoms with Crippen LogP contribution < -0.4 is 17.2 Å². The second-order valence-electron chi connectivity index (χ2n) is 11.3. The topological polar surface area (TPSA) is 217 Å². The molecule has 9 N–H and O–H groups in total. The highest BCUT2D eigenvalue weighted by molar-refractivity contribution is 6.25. The fourth-order valence-electron chi connectivity index (χ4n) is 7.47. The number of phenols is 1. The van der Waals surface area contributed by atoms with Crippen molar-refractivity contribution in [2.45, 2.75) is 61.6 Å². The first-order chi connectivity index (χ1) is 17.8. The molecule has 4 aliphatic carbocycles. The maximum Gasteiger partial charge on any atom is 0.255 e. The summed E-state index contributed by atoms with van der Waals surface area (Å²) in [6, 6.07) is 3.62. The van der Waals surface area contributed by atoms with Crippen molar-refractivity contribution in [3.63, 3.8) is 0 Å². The van der Waals surface area contributed by atoms with Crippen LogP contribution in [0.15, 0.2) is 29.0 Å². The number of nitrogens with two attached hydrogens (primary N) is 3. The zero-order valence-electron chi connectivity index (χ0n) is 21.2. The van der Waals surface area contributed by atoms with Crippen LogP contribution >= 0.6 is 0 Å². The highest BCUT2D eigenvalue weighted by Gasteiger charge is 2.74. The molecule has 5 rings (SSSR count). The predicted molar refractivity (Wildman–Crippen MR) is 135 cm³/mol. The molecule has 0 bridgehead atoms. The number of likely N-dealkylation sites (N-methyl/N-ethyl adjacent to an activating group) is 1. The molecule has 0 unspecified atom stereocenters. The Kier molecular flexibility index (Phi) is 5.55. The molecule has 0 heterocycles. The summed E-state index contributed by atoms with van der Waals surface area (Å²) in [6.45, 7) is 0. The number of benzene rings is 1. The smallest absolute Gasteiger partial charge is 0.255 e. The van der Waals surface area contributed by atoms with E-state index in [1.54, 1.807) is 12.1 Å². The highest BCUT2D eigenvalue weighted by atomic mass is 16.3. The van der Waals surface area contributed by atoms with E-state index in [1.807, 2.05) is 0 Å². The molecule has 1 amide bonds. The van der Waals surface area contributed by atoms with Crippen LogP contribution in [0.25, 0.3) is 5.76 Å². The number of aliphatic hydroxyl groups is 2. The number of phenolic OH excluding ortho intramolecular Hbond substituents is 1. The number of hydrogen-bond donors (Lipinski definition) is 6. The number of rotatable bonds is 3. The van der Waals surface area contributed by atoms with E-state index in [-0.39, 0.29) is 30.1 Å². The summed E-state index contributed by atoms with van der Waals surface area (Å²) in [7, 11) is 2.98. The number of primary amides is 1. The largest absolute Gasteiger partial charge is 0.509 e. The van der Waals surface area contributed by atoms with Crippen LogP contribution in [0.4, 0.5) is 0 Å². The number of aromatic hydroxyl groups is 1. The van der Waals surface area contributed by atoms with Gasteiger partial charge in [-0.15, -0.1) is 0 Å². The van der Waals surface area contributed by atoms with Crippen LogP contribution in [0.5, 0.6) is 5.75 Å². The summed E-state index contributed by atoms with van der Waals surface area (Å²) in [5.74, 6) is -5.23. The standard InChI is InChI=1S/C27H31N5O6/c1-32(2)21-20(35)17(24(29)38)22(36)26(11-28)23(37)18-19(34)16-14(9-25(18,30)10-27(21,26)31)13(7-8-15(16)33)12-5-3-4-6-12/h7-8,12,21,33-34,36H,3-6,9-10,30-31H2,1-2H3,(H2,29,38)/t21-,25-,26+,27-/m1/s1. The van der Waals surface area contributed by atoms with Gasteiger partial charge in [-0.05, 0) is 62.9 Å². The van der Waals surface area contributed by atoms with Gasteiger partial charge in [-0.2, -0.15) is 5.26 Å². The number of fused-ring (bicyclic) bond motifs is 3. The van der Waals surface area contributed by atoms with E-state index >= 15 is 0 Å². The van der Waals surface area contributed by atoms with Crippen LogP contribution in [0.2, 0.25) is 0 Å². The first kappa shape index (κ1) is 25.9. The van der Waals surface area contributed by atoms with Crippen molar-refractivity contribution < 1.29 is 29.7 Å². The van der Waals surface area contributed by atoms with Gasteiger partial charge in [0.2, 0.25) is 0 Å². The van der Waals surface area contributed by atoms with Crippen molar-refractivity contribution in [2.24, 2.45) is 22.6 Å². The van der Waals surface area contributed by atoms with Crippen LogP contribution in [-0.2, 0) is 20.8 Å². The third kappa shape index (κ3) is 2.96. The van der Waals surface area contributed by atoms with Gasteiger partial charge in [0.1, 0.15) is 22.8 Å². The fraction of sp³-hybridized carbons (Fsp3) is 0.481. The number of Topliss-reactive ketones (excluding diaryl/α,β-unsaturated/α-hetero) is 2. The second-order valence-corrected chi connectivity index (χ2v) is 11.3. The highest BCUT2D eigenvalue weighted by Crippen LogP contribution is 2.58. The summed E-state index contributed by atoms with van der Waals surface area (Å²) in [5, 5.41) is 43.9. The molecule has 0 spiro atoms. The number of carbonyl (C=O) groups excluding carboxylic acids is 3. The molecule has 0 aliphatic heterocycles. The predicted octanol–water partition coefficient (Wildman–Crippen LogP) is 0.563. The van der Waals surface area contributed by atoms with Crippen molar-refractivity contribution in [3.8, 4) is 11.8 Å². The lowest BCUT2D eigenvalue weighted by Crippen LogP contribution is -2.80. The Bertz CT molecular complexity index is 1420. The van der Waals surface area contributed by atoms with Crippen LogP contribution in [0.3, 0.4) is 0 Å². The van der Waals surface area contributed by atoms with Gasteiger partial charge in [-0.25, -0.2) is 0 Å². The SMILES string of the molecule is CN(C)[C@@H]1C(=O)C(C(N)=O)=C(O)[C@@]2(C#N)C(=O)C3=C(O)c4c(O)ccc(C5CCCC5)c4C[C@@]3(N)C[C@@]12N. The lowest BCUT2D eigenvalue weighted by Gasteiger charge is -2.58. The van der Waals surface area contributed by atoms with Gasteiger partial charge in [0, 0.05) is 0 Å². The molecule has 1 aromatic carbocycles. The van der Waals surface area contributed by atoms with Gasteiger partial charge < -0.3 is 32.5 Å². The number of carbonyl (C=O) groups is 3.